The Hall–Kier alpha value is -2.43. The maximum absolute atomic E-state index is 12.1. The summed E-state index contributed by atoms with van der Waals surface area (Å²) in [5, 5.41) is 8.64. The quantitative estimate of drug-likeness (QED) is 0.619. The van der Waals surface area contributed by atoms with Crippen LogP contribution in [-0.4, -0.2) is 16.2 Å². The van der Waals surface area contributed by atoms with E-state index in [0.29, 0.717) is 16.3 Å². The number of hydrogen-bond acceptors (Lipinski definition) is 3. The molecule has 0 saturated carbocycles. The molecule has 0 atom stereocenters. The van der Waals surface area contributed by atoms with Gasteiger partial charge in [-0.05, 0) is 18.4 Å². The number of carbonyl (C=O) groups is 1. The molecule has 0 spiro atoms. The van der Waals surface area contributed by atoms with Crippen molar-refractivity contribution in [2.24, 2.45) is 5.73 Å². The molecule has 1 heterocycles. The van der Waals surface area contributed by atoms with E-state index in [0.717, 1.165) is 0 Å². The van der Waals surface area contributed by atoms with E-state index >= 15 is 0 Å². The van der Waals surface area contributed by atoms with E-state index in [-0.39, 0.29) is 23.7 Å². The van der Waals surface area contributed by atoms with Crippen molar-refractivity contribution >= 4 is 22.4 Å². The summed E-state index contributed by atoms with van der Waals surface area (Å²) >= 11 is 0. The highest BCUT2D eigenvalue weighted by Crippen LogP contribution is 2.14. The van der Waals surface area contributed by atoms with Crippen LogP contribution in [0.5, 0.6) is 0 Å². The van der Waals surface area contributed by atoms with Crippen LogP contribution in [0.15, 0.2) is 35.3 Å². The standard InChI is InChI=1S/C13H13N3O2/c1-8(17)6-16-7-11(12(14)15)9-4-2-3-5-10(9)13(16)18/h2-5,7H,6H2,1H3,(H3,14,15). The molecule has 0 aliphatic carbocycles. The minimum Gasteiger partial charge on any atom is -0.384 e. The van der Waals surface area contributed by atoms with E-state index in [9.17, 15) is 9.59 Å². The second-order valence-corrected chi connectivity index (χ2v) is 4.14. The molecule has 0 saturated heterocycles. The van der Waals surface area contributed by atoms with Crippen LogP contribution in [0.25, 0.3) is 10.8 Å². The Morgan fingerprint density at radius 1 is 1.33 bits per heavy atom. The van der Waals surface area contributed by atoms with Crippen molar-refractivity contribution in [3.8, 4) is 0 Å². The van der Waals surface area contributed by atoms with E-state index in [1.807, 2.05) is 0 Å². The van der Waals surface area contributed by atoms with Crippen LogP contribution >= 0.6 is 0 Å². The summed E-state index contributed by atoms with van der Waals surface area (Å²) in [7, 11) is 0. The number of benzene rings is 1. The second kappa shape index (κ2) is 4.44. The predicted octanol–water partition coefficient (Wildman–Crippen LogP) is 0.875. The normalized spacial score (nSPS) is 10.5. The summed E-state index contributed by atoms with van der Waals surface area (Å²) in [5.74, 6) is -0.245. The van der Waals surface area contributed by atoms with Gasteiger partial charge in [0.1, 0.15) is 11.6 Å². The molecular weight excluding hydrogens is 230 g/mol. The number of nitrogen functional groups attached to an aromatic ring is 1. The summed E-state index contributed by atoms with van der Waals surface area (Å²) in [6.07, 6.45) is 1.47. The minimum absolute atomic E-state index is 0.00997. The SMILES string of the molecule is CC(=O)Cn1cc(C(=N)N)c2ccccc2c1=O. The molecule has 0 radical (unpaired) electrons. The number of fused-ring (bicyclic) bond motifs is 1. The molecule has 0 bridgehead atoms. The second-order valence-electron chi connectivity index (χ2n) is 4.14. The highest BCUT2D eigenvalue weighted by molar-refractivity contribution is 6.07. The zero-order valence-electron chi connectivity index (χ0n) is 9.93. The molecule has 1 aromatic heterocycles. The van der Waals surface area contributed by atoms with Crippen LogP contribution in [0.3, 0.4) is 0 Å². The van der Waals surface area contributed by atoms with Crippen LogP contribution in [0, 0.1) is 5.41 Å². The fourth-order valence-electron chi connectivity index (χ4n) is 1.92. The van der Waals surface area contributed by atoms with Gasteiger partial charge in [0.2, 0.25) is 0 Å². The van der Waals surface area contributed by atoms with Gasteiger partial charge in [-0.15, -0.1) is 0 Å². The van der Waals surface area contributed by atoms with Gasteiger partial charge in [0.15, 0.2) is 0 Å². The van der Waals surface area contributed by atoms with Crippen molar-refractivity contribution in [1.29, 1.82) is 5.41 Å². The van der Waals surface area contributed by atoms with Crippen molar-refractivity contribution in [1.82, 2.24) is 4.57 Å². The third-order valence-electron chi connectivity index (χ3n) is 2.68. The summed E-state index contributed by atoms with van der Waals surface area (Å²) in [5.41, 5.74) is 5.73. The molecule has 0 amide bonds. The van der Waals surface area contributed by atoms with Crippen LogP contribution in [-0.2, 0) is 11.3 Å². The van der Waals surface area contributed by atoms with Gasteiger partial charge >= 0.3 is 0 Å². The Morgan fingerprint density at radius 3 is 2.50 bits per heavy atom. The topological polar surface area (TPSA) is 88.9 Å². The molecule has 0 fully saturated rings. The molecule has 0 aliphatic heterocycles. The lowest BCUT2D eigenvalue weighted by Gasteiger charge is -2.10. The van der Waals surface area contributed by atoms with Gasteiger partial charge in [0, 0.05) is 17.1 Å². The summed E-state index contributed by atoms with van der Waals surface area (Å²) in [6.45, 7) is 1.40. The van der Waals surface area contributed by atoms with Crippen molar-refractivity contribution in [2.75, 3.05) is 0 Å². The molecule has 1 aromatic carbocycles. The first-order chi connectivity index (χ1) is 8.50. The number of pyridine rings is 1. The van der Waals surface area contributed by atoms with Gasteiger partial charge in [0.25, 0.3) is 5.56 Å². The third-order valence-corrected chi connectivity index (χ3v) is 2.68. The first kappa shape index (κ1) is 12.0. The lowest BCUT2D eigenvalue weighted by atomic mass is 10.1. The lowest BCUT2D eigenvalue weighted by Crippen LogP contribution is -2.26. The molecule has 5 nitrogen and oxygen atoms in total. The van der Waals surface area contributed by atoms with Gasteiger partial charge in [-0.3, -0.25) is 15.0 Å². The Bertz CT molecular complexity index is 701. The Kier molecular flexibility index (Phi) is 2.97. The van der Waals surface area contributed by atoms with Crippen LogP contribution in [0.2, 0.25) is 0 Å². The Balaban J connectivity index is 2.83. The van der Waals surface area contributed by atoms with Crippen molar-refractivity contribution in [3.05, 3.63) is 46.4 Å². The fraction of sp³-hybridized carbons (Fsp3) is 0.154. The number of carbonyl (C=O) groups excluding carboxylic acids is 1. The van der Waals surface area contributed by atoms with E-state index in [4.69, 9.17) is 11.1 Å². The number of nitrogens with one attached hydrogen (secondary N) is 1. The van der Waals surface area contributed by atoms with Gasteiger partial charge < -0.3 is 10.3 Å². The van der Waals surface area contributed by atoms with E-state index in [1.165, 1.54) is 17.7 Å². The van der Waals surface area contributed by atoms with Crippen molar-refractivity contribution in [2.45, 2.75) is 13.5 Å². The number of Topliss-reactive ketones (excluding diaryl/α,β-unsaturated/α-hetero) is 1. The molecule has 0 unspecified atom stereocenters. The Morgan fingerprint density at radius 2 is 1.94 bits per heavy atom. The van der Waals surface area contributed by atoms with Gasteiger partial charge in [0.05, 0.1) is 6.54 Å². The van der Waals surface area contributed by atoms with Gasteiger partial charge in [-0.2, -0.15) is 0 Å². The van der Waals surface area contributed by atoms with Gasteiger partial charge in [-0.1, -0.05) is 18.2 Å². The number of nitrogens with zero attached hydrogens (tertiary/aromatic N) is 1. The lowest BCUT2D eigenvalue weighted by molar-refractivity contribution is -0.117. The minimum atomic E-state index is -0.245. The average Bonchev–Trinajstić information content (AvgIpc) is 2.32. The number of amidine groups is 1. The van der Waals surface area contributed by atoms with E-state index in [2.05, 4.69) is 0 Å². The van der Waals surface area contributed by atoms with E-state index in [1.54, 1.807) is 24.3 Å². The van der Waals surface area contributed by atoms with Crippen molar-refractivity contribution < 1.29 is 4.79 Å². The predicted molar refractivity (Wildman–Crippen MR) is 69.9 cm³/mol. The number of rotatable bonds is 3. The zero-order valence-corrected chi connectivity index (χ0v) is 9.93. The maximum atomic E-state index is 12.1. The largest absolute Gasteiger partial charge is 0.384 e. The van der Waals surface area contributed by atoms with Gasteiger partial charge in [-0.25, -0.2) is 0 Å². The molecule has 92 valence electrons. The third kappa shape index (κ3) is 2.02. The smallest absolute Gasteiger partial charge is 0.258 e. The number of hydrogen-bond donors (Lipinski definition) is 2. The highest BCUT2D eigenvalue weighted by Gasteiger charge is 2.10. The van der Waals surface area contributed by atoms with Crippen LogP contribution in [0.4, 0.5) is 0 Å². The summed E-state index contributed by atoms with van der Waals surface area (Å²) < 4.78 is 1.29. The molecular formula is C13H13N3O2. The zero-order chi connectivity index (χ0) is 13.3. The van der Waals surface area contributed by atoms with Crippen LogP contribution in [0.1, 0.15) is 12.5 Å². The first-order valence-electron chi connectivity index (χ1n) is 5.46. The first-order valence-corrected chi connectivity index (χ1v) is 5.46. The van der Waals surface area contributed by atoms with Crippen LogP contribution < -0.4 is 11.3 Å². The molecule has 5 heteroatoms. The highest BCUT2D eigenvalue weighted by atomic mass is 16.1. The summed E-state index contributed by atoms with van der Waals surface area (Å²) in [4.78, 5) is 23.3. The number of aromatic nitrogens is 1. The molecule has 0 aliphatic rings. The Labute approximate surface area is 103 Å². The monoisotopic (exact) mass is 243 g/mol. The average molecular weight is 243 g/mol. The van der Waals surface area contributed by atoms with Crippen molar-refractivity contribution in [3.63, 3.8) is 0 Å². The number of ketones is 1. The maximum Gasteiger partial charge on any atom is 0.258 e. The molecule has 3 N–H and O–H groups in total. The van der Waals surface area contributed by atoms with E-state index < -0.39 is 0 Å². The number of nitrogens with two attached hydrogens (primary N) is 1. The molecule has 2 rings (SSSR count). The molecule has 2 aromatic rings. The molecule has 18 heavy (non-hydrogen) atoms. The summed E-state index contributed by atoms with van der Waals surface area (Å²) in [6, 6.07) is 6.93. The fourth-order valence-corrected chi connectivity index (χ4v) is 1.92.